The van der Waals surface area contributed by atoms with Gasteiger partial charge in [-0.3, -0.25) is 9.59 Å². The molecule has 1 aromatic carbocycles. The van der Waals surface area contributed by atoms with E-state index >= 15 is 0 Å². The molecular weight excluding hydrogens is 598 g/mol. The maximum absolute atomic E-state index is 14.4. The molecule has 2 aliphatic rings. The topological polar surface area (TPSA) is 131 Å². The van der Waals surface area contributed by atoms with Gasteiger partial charge >= 0.3 is 0 Å². The molecule has 0 bridgehead atoms. The van der Waals surface area contributed by atoms with Crippen LogP contribution in [0.3, 0.4) is 0 Å². The summed E-state index contributed by atoms with van der Waals surface area (Å²) in [5.41, 5.74) is 1.59. The molecule has 0 unspecified atom stereocenters. The molecule has 1 aliphatic carbocycles. The van der Waals surface area contributed by atoms with E-state index in [0.29, 0.717) is 42.2 Å². The van der Waals surface area contributed by atoms with Gasteiger partial charge in [-0.15, -0.1) is 0 Å². The number of imidazole rings is 1. The largest absolute Gasteiger partial charge is 0.361 e. The molecule has 1 saturated heterocycles. The number of fused-ring (bicyclic) bond motifs is 1. The van der Waals surface area contributed by atoms with Crippen molar-refractivity contribution in [2.24, 2.45) is 11.8 Å². The summed E-state index contributed by atoms with van der Waals surface area (Å²) in [4.78, 5) is 42.3. The summed E-state index contributed by atoms with van der Waals surface area (Å²) in [6, 6.07) is 5.59. The molecule has 14 heteroatoms. The van der Waals surface area contributed by atoms with Crippen molar-refractivity contribution in [3.05, 3.63) is 60.3 Å². The molecule has 1 saturated carbocycles. The third-order valence-electron chi connectivity index (χ3n) is 8.09. The predicted molar refractivity (Wildman–Crippen MR) is 164 cm³/mol. The Hall–Kier alpha value is -4.48. The van der Waals surface area contributed by atoms with Gasteiger partial charge in [0.15, 0.2) is 5.65 Å². The lowest BCUT2D eigenvalue weighted by molar-refractivity contribution is -0.138. The lowest BCUT2D eigenvalue weighted by atomic mass is 9.99. The van der Waals surface area contributed by atoms with Gasteiger partial charge in [0.1, 0.15) is 47.6 Å². The average molecular weight is 633 g/mol. The minimum Gasteiger partial charge on any atom is -0.361 e. The number of ether oxygens (including phenoxy) is 1. The third-order valence-corrected chi connectivity index (χ3v) is 9.79. The number of amides is 2. The van der Waals surface area contributed by atoms with Gasteiger partial charge in [0.2, 0.25) is 5.91 Å². The Balaban J connectivity index is 1.30. The number of aromatic nitrogens is 5. The van der Waals surface area contributed by atoms with Crippen molar-refractivity contribution in [1.29, 1.82) is 5.26 Å². The van der Waals surface area contributed by atoms with E-state index in [1.807, 2.05) is 0 Å². The molecular formula is C31H34F2N8O3Si. The van der Waals surface area contributed by atoms with Gasteiger partial charge in [0.05, 0.1) is 29.4 Å². The first-order valence-electron chi connectivity index (χ1n) is 14.9. The van der Waals surface area contributed by atoms with Crippen LogP contribution in [0.4, 0.5) is 8.78 Å². The fourth-order valence-corrected chi connectivity index (χ4v) is 5.97. The molecule has 4 aromatic rings. The van der Waals surface area contributed by atoms with Gasteiger partial charge < -0.3 is 24.1 Å². The number of nitrogens with zero attached hydrogens (tertiary/aromatic N) is 7. The number of benzene rings is 1. The van der Waals surface area contributed by atoms with Crippen LogP contribution in [0.15, 0.2) is 43.1 Å². The molecule has 1 aliphatic heterocycles. The Kier molecular flexibility index (Phi) is 8.23. The lowest BCUT2D eigenvalue weighted by Gasteiger charge is -2.37. The summed E-state index contributed by atoms with van der Waals surface area (Å²) in [5.74, 6) is -2.00. The Morgan fingerprint density at radius 1 is 1.16 bits per heavy atom. The van der Waals surface area contributed by atoms with Gasteiger partial charge in [-0.05, 0) is 36.9 Å². The summed E-state index contributed by atoms with van der Waals surface area (Å²) in [6.07, 6.45) is 7.65. The van der Waals surface area contributed by atoms with E-state index in [9.17, 15) is 18.4 Å². The first-order chi connectivity index (χ1) is 21.5. The molecule has 3 aromatic heterocycles. The zero-order chi connectivity index (χ0) is 31.9. The van der Waals surface area contributed by atoms with Crippen LogP contribution in [0.5, 0.6) is 0 Å². The number of rotatable bonds is 11. The maximum atomic E-state index is 14.4. The Morgan fingerprint density at radius 2 is 1.93 bits per heavy atom. The number of carbonyl (C=O) groups is 2. The van der Waals surface area contributed by atoms with E-state index in [4.69, 9.17) is 15.0 Å². The molecule has 2 fully saturated rings. The highest BCUT2D eigenvalue weighted by Crippen LogP contribution is 2.35. The molecule has 45 heavy (non-hydrogen) atoms. The number of nitrogens with one attached hydrogen (secondary N) is 1. The van der Waals surface area contributed by atoms with E-state index in [1.54, 1.807) is 15.7 Å². The molecule has 0 spiro atoms. The van der Waals surface area contributed by atoms with Crippen molar-refractivity contribution in [1.82, 2.24) is 34.3 Å². The highest BCUT2D eigenvalue weighted by molar-refractivity contribution is 6.76. The first kappa shape index (κ1) is 30.5. The smallest absolute Gasteiger partial charge is 0.255 e. The van der Waals surface area contributed by atoms with Crippen molar-refractivity contribution in [2.45, 2.75) is 51.3 Å². The zero-order valence-corrected chi connectivity index (χ0v) is 26.3. The third kappa shape index (κ3) is 6.64. The van der Waals surface area contributed by atoms with E-state index in [0.717, 1.165) is 37.1 Å². The zero-order valence-electron chi connectivity index (χ0n) is 25.3. The number of nitriles is 1. The number of hydrogen-bond acceptors (Lipinski definition) is 7. The average Bonchev–Trinajstić information content (AvgIpc) is 3.58. The van der Waals surface area contributed by atoms with Crippen LogP contribution in [0.25, 0.3) is 28.2 Å². The van der Waals surface area contributed by atoms with E-state index in [1.165, 1.54) is 23.3 Å². The second-order valence-corrected chi connectivity index (χ2v) is 18.5. The first-order valence-corrected chi connectivity index (χ1v) is 18.6. The number of likely N-dealkylation sites (tertiary alicyclic amines) is 1. The second-order valence-electron chi connectivity index (χ2n) is 12.9. The molecule has 4 heterocycles. The van der Waals surface area contributed by atoms with Crippen molar-refractivity contribution in [3.8, 4) is 23.1 Å². The minimum atomic E-state index is -1.32. The van der Waals surface area contributed by atoms with Gasteiger partial charge in [-0.2, -0.15) is 5.26 Å². The quantitative estimate of drug-likeness (QED) is 0.192. The van der Waals surface area contributed by atoms with Crippen molar-refractivity contribution in [3.63, 3.8) is 0 Å². The second kappa shape index (κ2) is 12.1. The molecule has 2 amide bonds. The van der Waals surface area contributed by atoms with E-state index in [2.05, 4.69) is 41.0 Å². The Bertz CT molecular complexity index is 1800. The van der Waals surface area contributed by atoms with Gasteiger partial charge in [-0.25, -0.2) is 23.7 Å². The molecule has 1 N–H and O–H groups in total. The van der Waals surface area contributed by atoms with Gasteiger partial charge in [-0.1, -0.05) is 19.6 Å². The van der Waals surface area contributed by atoms with Crippen LogP contribution < -0.4 is 5.32 Å². The van der Waals surface area contributed by atoms with Crippen molar-refractivity contribution < 1.29 is 23.1 Å². The van der Waals surface area contributed by atoms with E-state index < -0.39 is 31.7 Å². The van der Waals surface area contributed by atoms with Gasteiger partial charge in [0, 0.05) is 46.2 Å². The number of carbonyl (C=O) groups excluding carboxylic acids is 2. The normalized spacial score (nSPS) is 16.0. The Morgan fingerprint density at radius 3 is 2.64 bits per heavy atom. The van der Waals surface area contributed by atoms with Crippen molar-refractivity contribution in [2.75, 3.05) is 19.7 Å². The lowest BCUT2D eigenvalue weighted by Crippen LogP contribution is -2.57. The highest BCUT2D eigenvalue weighted by atomic mass is 28.3. The summed E-state index contributed by atoms with van der Waals surface area (Å²) in [6.45, 7) is 8.24. The summed E-state index contributed by atoms with van der Waals surface area (Å²) < 4.78 is 37.2. The fourth-order valence-electron chi connectivity index (χ4n) is 5.22. The predicted octanol–water partition coefficient (Wildman–Crippen LogP) is 4.36. The fraction of sp³-hybridized carbons (Fsp3) is 0.419. The number of hydrogen-bond donors (Lipinski definition) is 1. The standard InChI is InChI=1S/C31H34F2N8O3Si/c1-45(2,3)9-8-44-18-41-15-22(30(42)38-27(20-4-5-20)31(43)39-13-19(11-34)14-39)28-29(41)35-12-24(37-28)25-16-40(17-36-25)26-10-21(32)6-7-23(26)33/h6-7,10,12,15-17,19-20,27H,4-5,8-9,13-14,18H2,1-3H3,(H,38,42)/t27-/m1/s1. The van der Waals surface area contributed by atoms with Crippen LogP contribution >= 0.6 is 0 Å². The molecule has 11 nitrogen and oxygen atoms in total. The number of halogens is 2. The molecule has 234 valence electrons. The Labute approximate surface area is 259 Å². The minimum absolute atomic E-state index is 0.0106. The highest BCUT2D eigenvalue weighted by Gasteiger charge is 2.43. The van der Waals surface area contributed by atoms with Gasteiger partial charge in [0.25, 0.3) is 5.91 Å². The molecule has 6 rings (SSSR count). The van der Waals surface area contributed by atoms with Crippen LogP contribution in [-0.4, -0.2) is 74.6 Å². The summed E-state index contributed by atoms with van der Waals surface area (Å²) >= 11 is 0. The molecule has 0 radical (unpaired) electrons. The monoisotopic (exact) mass is 632 g/mol. The van der Waals surface area contributed by atoms with Crippen molar-refractivity contribution >= 4 is 31.1 Å². The van der Waals surface area contributed by atoms with Crippen LogP contribution in [0.2, 0.25) is 25.7 Å². The summed E-state index contributed by atoms with van der Waals surface area (Å²) in [7, 11) is -1.32. The summed E-state index contributed by atoms with van der Waals surface area (Å²) in [5, 5.41) is 12.1. The van der Waals surface area contributed by atoms with Crippen LogP contribution in [-0.2, 0) is 16.3 Å². The van der Waals surface area contributed by atoms with E-state index in [-0.39, 0.29) is 35.7 Å². The SMILES string of the molecule is C[Si](C)(C)CCOCn1cc(C(=O)N[C@@H](C(=O)N2CC(C#N)C2)C2CC2)c2nc(-c3cn(-c4cc(F)ccc4F)cn3)cnc21. The van der Waals surface area contributed by atoms with Crippen LogP contribution in [0, 0.1) is 34.8 Å². The maximum Gasteiger partial charge on any atom is 0.255 e. The van der Waals surface area contributed by atoms with Crippen LogP contribution in [0.1, 0.15) is 23.2 Å². The molecule has 1 atom stereocenters.